The van der Waals surface area contributed by atoms with Gasteiger partial charge in [-0.25, -0.2) is 4.98 Å². The molecule has 2 N–H and O–H groups in total. The number of aromatic nitrogens is 1. The van der Waals surface area contributed by atoms with Gasteiger partial charge in [0.2, 0.25) is 5.91 Å². The number of para-hydroxylation sites is 1. The molecule has 6 heteroatoms. The Bertz CT molecular complexity index is 696. The number of carbonyl (C=O) groups excluding carboxylic acids is 1. The van der Waals surface area contributed by atoms with Crippen LogP contribution < -0.4 is 15.4 Å². The van der Waals surface area contributed by atoms with E-state index < -0.39 is 0 Å². The molecular weight excluding hydrogens is 298 g/mol. The summed E-state index contributed by atoms with van der Waals surface area (Å²) in [5.41, 5.74) is 0.966. The summed E-state index contributed by atoms with van der Waals surface area (Å²) in [5.74, 6) is 0.786. The van der Waals surface area contributed by atoms with Crippen LogP contribution in [-0.4, -0.2) is 30.6 Å². The second-order valence-corrected chi connectivity index (χ2v) is 5.98. The second kappa shape index (κ2) is 6.72. The molecule has 1 atom stereocenters. The van der Waals surface area contributed by atoms with Crippen LogP contribution in [0.4, 0.5) is 0 Å². The quantitative estimate of drug-likeness (QED) is 0.828. The molecule has 1 amide bonds. The molecule has 2 heterocycles. The first-order valence-corrected chi connectivity index (χ1v) is 7.85. The van der Waals surface area contributed by atoms with Crippen molar-refractivity contribution in [2.45, 2.75) is 12.6 Å². The van der Waals surface area contributed by atoms with Crippen molar-refractivity contribution in [1.82, 2.24) is 15.6 Å². The fourth-order valence-electron chi connectivity index (χ4n) is 2.27. The van der Waals surface area contributed by atoms with Gasteiger partial charge in [0.05, 0.1) is 19.2 Å². The van der Waals surface area contributed by atoms with Crippen LogP contribution in [0.3, 0.4) is 0 Å². The number of methoxy groups -OCH3 is 1. The summed E-state index contributed by atoms with van der Waals surface area (Å²) in [5, 5.41) is 6.90. The van der Waals surface area contributed by atoms with E-state index in [1.54, 1.807) is 24.6 Å². The molecule has 0 saturated carbocycles. The van der Waals surface area contributed by atoms with Gasteiger partial charge in [-0.05, 0) is 12.1 Å². The maximum atomic E-state index is 11.9. The average molecular weight is 315 g/mol. The van der Waals surface area contributed by atoms with E-state index in [1.165, 1.54) is 0 Å². The number of nitrogens with one attached hydrogen (secondary N) is 2. The minimum atomic E-state index is -0.221. The van der Waals surface area contributed by atoms with Crippen LogP contribution in [0.25, 0.3) is 10.6 Å². The van der Waals surface area contributed by atoms with E-state index in [9.17, 15) is 4.79 Å². The number of nitrogens with zero attached hydrogens (tertiary/aromatic N) is 1. The molecule has 0 spiro atoms. The van der Waals surface area contributed by atoms with Crippen molar-refractivity contribution >= 4 is 17.2 Å². The van der Waals surface area contributed by atoms with Crippen molar-refractivity contribution in [2.75, 3.05) is 13.7 Å². The summed E-state index contributed by atoms with van der Waals surface area (Å²) in [7, 11) is 1.65. The lowest BCUT2D eigenvalue weighted by Gasteiger charge is -2.09. The lowest BCUT2D eigenvalue weighted by Crippen LogP contribution is -2.39. The van der Waals surface area contributed by atoms with Crippen molar-refractivity contribution in [1.29, 1.82) is 0 Å². The first-order valence-electron chi connectivity index (χ1n) is 7.04. The van der Waals surface area contributed by atoms with Crippen molar-refractivity contribution in [2.24, 2.45) is 0 Å². The largest absolute Gasteiger partial charge is 0.496 e. The van der Waals surface area contributed by atoms with Gasteiger partial charge in [0.25, 0.3) is 0 Å². The molecule has 1 aliphatic heterocycles. The van der Waals surface area contributed by atoms with Crippen LogP contribution in [-0.2, 0) is 11.3 Å². The monoisotopic (exact) mass is 315 g/mol. The van der Waals surface area contributed by atoms with Crippen LogP contribution in [0.15, 0.2) is 42.6 Å². The summed E-state index contributed by atoms with van der Waals surface area (Å²) in [6, 6.07) is 7.56. The molecule has 0 saturated heterocycles. The lowest BCUT2D eigenvalue weighted by atomic mass is 10.2. The van der Waals surface area contributed by atoms with E-state index in [2.05, 4.69) is 15.6 Å². The summed E-state index contributed by atoms with van der Waals surface area (Å²) in [6.45, 7) is 1.23. The highest BCUT2D eigenvalue weighted by Gasteiger charge is 2.17. The fraction of sp³-hybridized carbons (Fsp3) is 0.250. The van der Waals surface area contributed by atoms with Gasteiger partial charge >= 0.3 is 0 Å². The Morgan fingerprint density at radius 1 is 1.50 bits per heavy atom. The summed E-state index contributed by atoms with van der Waals surface area (Å²) in [4.78, 5) is 17.4. The van der Waals surface area contributed by atoms with Crippen molar-refractivity contribution in [3.63, 3.8) is 0 Å². The highest BCUT2D eigenvalue weighted by Crippen LogP contribution is 2.32. The molecule has 3 rings (SSSR count). The molecule has 0 unspecified atom stereocenters. The highest BCUT2D eigenvalue weighted by molar-refractivity contribution is 7.15. The number of amides is 1. The normalized spacial score (nSPS) is 16.7. The van der Waals surface area contributed by atoms with Gasteiger partial charge in [-0.2, -0.15) is 0 Å². The lowest BCUT2D eigenvalue weighted by molar-refractivity contribution is -0.122. The molecule has 0 aliphatic carbocycles. The third kappa shape index (κ3) is 3.18. The Morgan fingerprint density at radius 3 is 3.14 bits per heavy atom. The third-order valence-electron chi connectivity index (χ3n) is 3.39. The molecule has 114 valence electrons. The van der Waals surface area contributed by atoms with Crippen LogP contribution in [0, 0.1) is 0 Å². The Hall–Kier alpha value is -2.18. The predicted molar refractivity (Wildman–Crippen MR) is 86.9 cm³/mol. The molecule has 2 aromatic rings. The van der Waals surface area contributed by atoms with Gasteiger partial charge in [-0.1, -0.05) is 24.3 Å². The van der Waals surface area contributed by atoms with Gasteiger partial charge < -0.3 is 10.1 Å². The van der Waals surface area contributed by atoms with Gasteiger partial charge in [0, 0.05) is 17.6 Å². The second-order valence-electron chi connectivity index (χ2n) is 4.86. The fourth-order valence-corrected chi connectivity index (χ4v) is 3.15. The molecule has 1 aromatic carbocycles. The van der Waals surface area contributed by atoms with Gasteiger partial charge in [-0.3, -0.25) is 10.1 Å². The van der Waals surface area contributed by atoms with E-state index in [0.29, 0.717) is 6.54 Å². The number of rotatable bonds is 5. The zero-order valence-corrected chi connectivity index (χ0v) is 13.0. The van der Waals surface area contributed by atoms with Crippen molar-refractivity contribution < 1.29 is 9.53 Å². The molecular formula is C16H17N3O2S. The van der Waals surface area contributed by atoms with Gasteiger partial charge in [0.15, 0.2) is 0 Å². The van der Waals surface area contributed by atoms with Crippen LogP contribution in [0.1, 0.15) is 4.88 Å². The Balaban J connectivity index is 1.66. The number of carbonyl (C=O) groups is 1. The zero-order chi connectivity index (χ0) is 15.4. The number of benzene rings is 1. The molecule has 0 bridgehead atoms. The minimum Gasteiger partial charge on any atom is -0.496 e. The van der Waals surface area contributed by atoms with Gasteiger partial charge in [-0.15, -0.1) is 11.3 Å². The molecule has 0 fully saturated rings. The molecule has 0 radical (unpaired) electrons. The summed E-state index contributed by atoms with van der Waals surface area (Å²) < 4.78 is 5.36. The molecule has 5 nitrogen and oxygen atoms in total. The van der Waals surface area contributed by atoms with Crippen LogP contribution >= 0.6 is 11.3 Å². The number of thiazole rings is 1. The highest BCUT2D eigenvalue weighted by atomic mass is 32.1. The zero-order valence-electron chi connectivity index (χ0n) is 12.2. The number of hydrogen-bond donors (Lipinski definition) is 2. The van der Waals surface area contributed by atoms with E-state index in [1.807, 2.05) is 36.4 Å². The molecule has 1 aliphatic rings. The van der Waals surface area contributed by atoms with Gasteiger partial charge in [0.1, 0.15) is 16.8 Å². The minimum absolute atomic E-state index is 0.0130. The Morgan fingerprint density at radius 2 is 2.36 bits per heavy atom. The predicted octanol–water partition coefficient (Wildman–Crippen LogP) is 1.96. The maximum Gasteiger partial charge on any atom is 0.241 e. The number of ether oxygens (including phenoxy) is 1. The van der Waals surface area contributed by atoms with Crippen LogP contribution in [0.5, 0.6) is 5.75 Å². The average Bonchev–Trinajstić information content (AvgIpc) is 3.24. The van der Waals surface area contributed by atoms with Crippen LogP contribution in [0.2, 0.25) is 0 Å². The topological polar surface area (TPSA) is 63.2 Å². The van der Waals surface area contributed by atoms with Crippen molar-refractivity contribution in [3.8, 4) is 16.3 Å². The SMILES string of the molecule is COc1ccccc1-c1ncc(CNC(=O)[C@@H]2C=CCN2)s1. The number of hydrogen-bond acceptors (Lipinski definition) is 5. The first kappa shape index (κ1) is 14.7. The summed E-state index contributed by atoms with van der Waals surface area (Å²) in [6.07, 6.45) is 5.63. The molecule has 22 heavy (non-hydrogen) atoms. The molecule has 1 aromatic heterocycles. The maximum absolute atomic E-state index is 11.9. The standard InChI is InChI=1S/C16H17N3O2S/c1-21-14-7-3-2-5-12(14)16-19-10-11(22-16)9-18-15(20)13-6-4-8-17-13/h2-7,10,13,17H,8-9H2,1H3,(H,18,20)/t13-/m0/s1. The third-order valence-corrected chi connectivity index (χ3v) is 4.43. The Kier molecular flexibility index (Phi) is 4.50. The van der Waals surface area contributed by atoms with E-state index in [0.717, 1.165) is 27.7 Å². The van der Waals surface area contributed by atoms with E-state index in [4.69, 9.17) is 4.74 Å². The van der Waals surface area contributed by atoms with E-state index in [-0.39, 0.29) is 11.9 Å². The Labute approximate surface area is 133 Å². The smallest absolute Gasteiger partial charge is 0.241 e. The van der Waals surface area contributed by atoms with Crippen molar-refractivity contribution in [3.05, 3.63) is 47.5 Å². The summed E-state index contributed by atoms with van der Waals surface area (Å²) >= 11 is 1.56. The first-order chi connectivity index (χ1) is 10.8. The van der Waals surface area contributed by atoms with E-state index >= 15 is 0 Å².